The highest BCUT2D eigenvalue weighted by Crippen LogP contribution is 2.37. The Kier molecular flexibility index (Phi) is 11.1. The molecule has 4 nitrogen and oxygen atoms in total. The van der Waals surface area contributed by atoms with Crippen LogP contribution in [0.15, 0.2) is 16.6 Å². The Bertz CT molecular complexity index is 465. The van der Waals surface area contributed by atoms with Crippen molar-refractivity contribution in [2.24, 2.45) is 0 Å². The van der Waals surface area contributed by atoms with Gasteiger partial charge in [-0.05, 0) is 79.6 Å². The summed E-state index contributed by atoms with van der Waals surface area (Å²) in [6, 6.07) is 4.20. The van der Waals surface area contributed by atoms with E-state index in [1.54, 1.807) is 0 Å². The lowest BCUT2D eigenvalue weighted by Crippen LogP contribution is -2.27. The molecule has 0 radical (unpaired) electrons. The fourth-order valence-corrected chi connectivity index (χ4v) is 3.13. The molecule has 0 aliphatic heterocycles. The molecule has 0 atom stereocenters. The first-order valence-electron chi connectivity index (χ1n) is 9.17. The molecule has 0 aliphatic rings. The average molecular weight is 401 g/mol. The van der Waals surface area contributed by atoms with Crippen LogP contribution in [0.4, 0.5) is 0 Å². The van der Waals surface area contributed by atoms with Gasteiger partial charge in [-0.3, -0.25) is 0 Å². The van der Waals surface area contributed by atoms with E-state index < -0.39 is 0 Å². The predicted molar refractivity (Wildman–Crippen MR) is 105 cm³/mol. The minimum absolute atomic E-state index is 0.635. The van der Waals surface area contributed by atoms with Gasteiger partial charge in [-0.15, -0.1) is 0 Å². The third kappa shape index (κ3) is 7.41. The molecule has 0 aromatic heterocycles. The molecule has 1 aromatic carbocycles. The normalized spacial score (nSPS) is 11.1. The van der Waals surface area contributed by atoms with Crippen molar-refractivity contribution in [3.8, 4) is 11.5 Å². The van der Waals surface area contributed by atoms with Gasteiger partial charge in [0.1, 0.15) is 0 Å². The number of rotatable bonds is 13. The Labute approximate surface area is 156 Å². The maximum absolute atomic E-state index is 5.82. The Morgan fingerprint density at radius 1 is 1.08 bits per heavy atom. The lowest BCUT2D eigenvalue weighted by atomic mass is 10.2. The summed E-state index contributed by atoms with van der Waals surface area (Å²) in [5.74, 6) is 1.63. The molecular formula is C19H33BrN2O2. The molecule has 0 bridgehead atoms. The maximum Gasteiger partial charge on any atom is 0.175 e. The van der Waals surface area contributed by atoms with Crippen molar-refractivity contribution in [1.29, 1.82) is 0 Å². The van der Waals surface area contributed by atoms with Gasteiger partial charge in [0.2, 0.25) is 0 Å². The Morgan fingerprint density at radius 2 is 1.83 bits per heavy atom. The molecule has 0 aliphatic carbocycles. The summed E-state index contributed by atoms with van der Waals surface area (Å²) in [5, 5.41) is 3.52. The van der Waals surface area contributed by atoms with Gasteiger partial charge in [0, 0.05) is 6.54 Å². The van der Waals surface area contributed by atoms with Crippen LogP contribution in [-0.2, 0) is 6.54 Å². The van der Waals surface area contributed by atoms with E-state index in [2.05, 4.69) is 59.1 Å². The minimum atomic E-state index is 0.635. The molecule has 1 N–H and O–H groups in total. The quantitative estimate of drug-likeness (QED) is 0.495. The Morgan fingerprint density at radius 3 is 2.46 bits per heavy atom. The first kappa shape index (κ1) is 21.3. The van der Waals surface area contributed by atoms with Crippen LogP contribution >= 0.6 is 15.9 Å². The number of nitrogens with one attached hydrogen (secondary N) is 1. The zero-order valence-corrected chi connectivity index (χ0v) is 17.2. The molecule has 0 heterocycles. The number of benzene rings is 1. The van der Waals surface area contributed by atoms with Crippen LogP contribution in [0.5, 0.6) is 11.5 Å². The third-order valence-corrected chi connectivity index (χ3v) is 4.46. The van der Waals surface area contributed by atoms with Gasteiger partial charge < -0.3 is 19.7 Å². The fraction of sp³-hybridized carbons (Fsp3) is 0.684. The van der Waals surface area contributed by atoms with E-state index >= 15 is 0 Å². The van der Waals surface area contributed by atoms with E-state index in [1.165, 1.54) is 12.0 Å². The summed E-state index contributed by atoms with van der Waals surface area (Å²) in [4.78, 5) is 2.45. The molecule has 5 heteroatoms. The van der Waals surface area contributed by atoms with Crippen molar-refractivity contribution in [3.63, 3.8) is 0 Å². The summed E-state index contributed by atoms with van der Waals surface area (Å²) in [6.07, 6.45) is 2.15. The lowest BCUT2D eigenvalue weighted by Gasteiger charge is -2.18. The highest BCUT2D eigenvalue weighted by Gasteiger charge is 2.12. The molecule has 1 rings (SSSR count). The van der Waals surface area contributed by atoms with E-state index in [9.17, 15) is 0 Å². The third-order valence-electron chi connectivity index (χ3n) is 3.87. The van der Waals surface area contributed by atoms with E-state index in [4.69, 9.17) is 9.47 Å². The van der Waals surface area contributed by atoms with Crippen molar-refractivity contribution >= 4 is 15.9 Å². The molecule has 0 spiro atoms. The molecule has 0 saturated carbocycles. The monoisotopic (exact) mass is 400 g/mol. The maximum atomic E-state index is 5.82. The molecule has 0 saturated heterocycles. The molecule has 1 aromatic rings. The second-order valence-electron chi connectivity index (χ2n) is 5.74. The van der Waals surface area contributed by atoms with Crippen LogP contribution in [0, 0.1) is 0 Å². The molecule has 138 valence electrons. The predicted octanol–water partition coefficient (Wildman–Crippen LogP) is 4.46. The standard InChI is InChI=1S/C19H33BrN2O2/c1-5-12-24-19-17(20)13-16(14-18(19)23-8-4)15-21-10-9-11-22(6-2)7-3/h13-14,21H,5-12,15H2,1-4H3. The lowest BCUT2D eigenvalue weighted by molar-refractivity contribution is 0.275. The second kappa shape index (κ2) is 12.6. The van der Waals surface area contributed by atoms with E-state index in [0.29, 0.717) is 13.2 Å². The SMILES string of the molecule is CCCOc1c(Br)cc(CNCCCN(CC)CC)cc1OCC. The number of ether oxygens (including phenoxy) is 2. The Hall–Kier alpha value is -0.780. The van der Waals surface area contributed by atoms with Crippen molar-refractivity contribution in [2.75, 3.05) is 39.4 Å². The molecular weight excluding hydrogens is 368 g/mol. The summed E-state index contributed by atoms with van der Waals surface area (Å²) in [6.45, 7) is 15.1. The van der Waals surface area contributed by atoms with Crippen LogP contribution in [-0.4, -0.2) is 44.3 Å². The van der Waals surface area contributed by atoms with Gasteiger partial charge >= 0.3 is 0 Å². The van der Waals surface area contributed by atoms with Crippen molar-refractivity contribution < 1.29 is 9.47 Å². The first-order chi connectivity index (χ1) is 11.7. The van der Waals surface area contributed by atoms with Gasteiger partial charge in [0.25, 0.3) is 0 Å². The van der Waals surface area contributed by atoms with E-state index in [-0.39, 0.29) is 0 Å². The van der Waals surface area contributed by atoms with Crippen LogP contribution < -0.4 is 14.8 Å². The zero-order valence-electron chi connectivity index (χ0n) is 15.7. The van der Waals surface area contributed by atoms with Crippen LogP contribution in [0.3, 0.4) is 0 Å². The summed E-state index contributed by atoms with van der Waals surface area (Å²) >= 11 is 3.62. The molecule has 24 heavy (non-hydrogen) atoms. The van der Waals surface area contributed by atoms with Crippen molar-refractivity contribution in [1.82, 2.24) is 10.2 Å². The number of hydrogen-bond donors (Lipinski definition) is 1. The highest BCUT2D eigenvalue weighted by molar-refractivity contribution is 9.10. The summed E-state index contributed by atoms with van der Waals surface area (Å²) in [7, 11) is 0. The number of nitrogens with zero attached hydrogens (tertiary/aromatic N) is 1. The number of halogens is 1. The van der Waals surface area contributed by atoms with Gasteiger partial charge in [-0.25, -0.2) is 0 Å². The molecule has 0 fully saturated rings. The van der Waals surface area contributed by atoms with Crippen molar-refractivity contribution in [2.45, 2.75) is 47.1 Å². The largest absolute Gasteiger partial charge is 0.490 e. The Balaban J connectivity index is 2.55. The first-order valence-corrected chi connectivity index (χ1v) is 9.96. The second-order valence-corrected chi connectivity index (χ2v) is 6.60. The molecule has 0 amide bonds. The van der Waals surface area contributed by atoms with E-state index in [1.807, 2.05) is 6.92 Å². The zero-order chi connectivity index (χ0) is 17.8. The topological polar surface area (TPSA) is 33.7 Å². The van der Waals surface area contributed by atoms with Gasteiger partial charge in [-0.2, -0.15) is 0 Å². The van der Waals surface area contributed by atoms with Crippen LogP contribution in [0.2, 0.25) is 0 Å². The minimum Gasteiger partial charge on any atom is -0.490 e. The van der Waals surface area contributed by atoms with Crippen molar-refractivity contribution in [3.05, 3.63) is 22.2 Å². The van der Waals surface area contributed by atoms with Crippen LogP contribution in [0.25, 0.3) is 0 Å². The molecule has 0 unspecified atom stereocenters. The van der Waals surface area contributed by atoms with E-state index in [0.717, 1.165) is 55.1 Å². The van der Waals surface area contributed by atoms with Gasteiger partial charge in [-0.1, -0.05) is 20.8 Å². The van der Waals surface area contributed by atoms with Gasteiger partial charge in [0.15, 0.2) is 11.5 Å². The summed E-state index contributed by atoms with van der Waals surface area (Å²) in [5.41, 5.74) is 1.21. The summed E-state index contributed by atoms with van der Waals surface area (Å²) < 4.78 is 12.5. The fourth-order valence-electron chi connectivity index (χ4n) is 2.53. The average Bonchev–Trinajstić information content (AvgIpc) is 2.58. The smallest absolute Gasteiger partial charge is 0.175 e. The van der Waals surface area contributed by atoms with Crippen LogP contribution in [0.1, 0.15) is 46.1 Å². The van der Waals surface area contributed by atoms with Gasteiger partial charge in [0.05, 0.1) is 17.7 Å². The highest BCUT2D eigenvalue weighted by atomic mass is 79.9. The number of hydrogen-bond acceptors (Lipinski definition) is 4.